The van der Waals surface area contributed by atoms with E-state index in [2.05, 4.69) is 41.2 Å². The smallest absolute Gasteiger partial charge is 0.224 e. The van der Waals surface area contributed by atoms with Gasteiger partial charge in [0.2, 0.25) is 5.91 Å². The Hall–Kier alpha value is -2.20. The summed E-state index contributed by atoms with van der Waals surface area (Å²) >= 11 is 0. The molecule has 1 aliphatic rings. The van der Waals surface area contributed by atoms with Crippen LogP contribution in [0, 0.1) is 0 Å². The van der Waals surface area contributed by atoms with Crippen LogP contribution in [-0.4, -0.2) is 47.4 Å². The number of likely N-dealkylation sites (N-methyl/N-ethyl adjacent to an activating group) is 1. The van der Waals surface area contributed by atoms with E-state index in [-0.39, 0.29) is 5.91 Å². The Morgan fingerprint density at radius 3 is 2.67 bits per heavy atom. The predicted molar refractivity (Wildman–Crippen MR) is 95.6 cm³/mol. The Morgan fingerprint density at radius 2 is 1.88 bits per heavy atom. The fourth-order valence-electron chi connectivity index (χ4n) is 3.13. The van der Waals surface area contributed by atoms with Crippen molar-refractivity contribution >= 4 is 5.91 Å². The standard InChI is InChI=1S/C20H25N3O/c1-22(13-8-17-6-11-21-12-7-17)14-10-20(24)23-15-9-18-4-2-3-5-19(18)16-23/h2-7,11-12H,8-10,13-16H2,1H3. The fourth-order valence-corrected chi connectivity index (χ4v) is 3.13. The van der Waals surface area contributed by atoms with Crippen LogP contribution in [0.25, 0.3) is 0 Å². The lowest BCUT2D eigenvalue weighted by Gasteiger charge is -2.29. The molecule has 0 radical (unpaired) electrons. The van der Waals surface area contributed by atoms with Gasteiger partial charge < -0.3 is 9.80 Å². The number of carbonyl (C=O) groups excluding carboxylic acids is 1. The molecule has 0 N–H and O–H groups in total. The number of amides is 1. The second-order valence-corrected chi connectivity index (χ2v) is 6.49. The monoisotopic (exact) mass is 323 g/mol. The lowest BCUT2D eigenvalue weighted by molar-refractivity contribution is -0.132. The highest BCUT2D eigenvalue weighted by molar-refractivity contribution is 5.76. The van der Waals surface area contributed by atoms with Crippen molar-refractivity contribution in [3.05, 3.63) is 65.5 Å². The molecule has 0 unspecified atom stereocenters. The molecule has 4 heteroatoms. The third-order valence-electron chi connectivity index (χ3n) is 4.72. The van der Waals surface area contributed by atoms with E-state index >= 15 is 0 Å². The summed E-state index contributed by atoms with van der Waals surface area (Å²) in [5, 5.41) is 0. The van der Waals surface area contributed by atoms with Gasteiger partial charge in [0, 0.05) is 45.0 Å². The minimum atomic E-state index is 0.264. The van der Waals surface area contributed by atoms with Gasteiger partial charge in [-0.1, -0.05) is 24.3 Å². The predicted octanol–water partition coefficient (Wildman–Crippen LogP) is 2.53. The van der Waals surface area contributed by atoms with Crippen molar-refractivity contribution in [3.8, 4) is 0 Å². The highest BCUT2D eigenvalue weighted by Crippen LogP contribution is 2.19. The third kappa shape index (κ3) is 4.42. The summed E-state index contributed by atoms with van der Waals surface area (Å²) in [4.78, 5) is 20.7. The summed E-state index contributed by atoms with van der Waals surface area (Å²) in [6.07, 6.45) is 6.21. The molecule has 2 heterocycles. The van der Waals surface area contributed by atoms with Crippen molar-refractivity contribution in [3.63, 3.8) is 0 Å². The Labute approximate surface area is 144 Å². The van der Waals surface area contributed by atoms with Gasteiger partial charge in [-0.3, -0.25) is 9.78 Å². The molecule has 0 spiro atoms. The van der Waals surface area contributed by atoms with Crippen molar-refractivity contribution in [1.29, 1.82) is 0 Å². The number of nitrogens with zero attached hydrogens (tertiary/aromatic N) is 3. The highest BCUT2D eigenvalue weighted by Gasteiger charge is 2.20. The van der Waals surface area contributed by atoms with E-state index in [1.807, 2.05) is 29.4 Å². The Morgan fingerprint density at radius 1 is 1.12 bits per heavy atom. The maximum atomic E-state index is 12.5. The molecule has 1 amide bonds. The molecule has 0 saturated heterocycles. The zero-order chi connectivity index (χ0) is 16.8. The fraction of sp³-hybridized carbons (Fsp3) is 0.400. The average molecular weight is 323 g/mol. The molecule has 3 rings (SSSR count). The number of aromatic nitrogens is 1. The minimum absolute atomic E-state index is 0.264. The number of carbonyl (C=O) groups is 1. The summed E-state index contributed by atoms with van der Waals surface area (Å²) in [6, 6.07) is 12.5. The summed E-state index contributed by atoms with van der Waals surface area (Å²) in [5.41, 5.74) is 3.97. The van der Waals surface area contributed by atoms with E-state index in [1.165, 1.54) is 16.7 Å². The average Bonchev–Trinajstić information content (AvgIpc) is 2.65. The van der Waals surface area contributed by atoms with E-state index in [9.17, 15) is 4.79 Å². The molecule has 1 aliphatic heterocycles. The molecule has 4 nitrogen and oxygen atoms in total. The molecule has 0 bridgehead atoms. The third-order valence-corrected chi connectivity index (χ3v) is 4.72. The summed E-state index contributed by atoms with van der Waals surface area (Å²) in [5.74, 6) is 0.264. The maximum absolute atomic E-state index is 12.5. The molecule has 1 aromatic carbocycles. The van der Waals surface area contributed by atoms with Crippen LogP contribution in [0.2, 0.25) is 0 Å². The van der Waals surface area contributed by atoms with Crippen LogP contribution in [0.3, 0.4) is 0 Å². The number of hydrogen-bond donors (Lipinski definition) is 0. The van der Waals surface area contributed by atoms with Gasteiger partial charge in [0.1, 0.15) is 0 Å². The van der Waals surface area contributed by atoms with E-state index in [1.54, 1.807) is 0 Å². The lowest BCUT2D eigenvalue weighted by Crippen LogP contribution is -2.37. The van der Waals surface area contributed by atoms with Crippen LogP contribution in [0.4, 0.5) is 0 Å². The summed E-state index contributed by atoms with van der Waals surface area (Å²) in [6.45, 7) is 3.37. The van der Waals surface area contributed by atoms with Crippen molar-refractivity contribution in [1.82, 2.24) is 14.8 Å². The molecule has 2 aromatic rings. The Bertz CT molecular complexity index is 672. The van der Waals surface area contributed by atoms with Crippen LogP contribution in [0.15, 0.2) is 48.8 Å². The molecule has 1 aromatic heterocycles. The molecule has 0 fully saturated rings. The number of pyridine rings is 1. The normalized spacial score (nSPS) is 13.8. The maximum Gasteiger partial charge on any atom is 0.224 e. The number of benzene rings is 1. The van der Waals surface area contributed by atoms with Crippen LogP contribution in [0.5, 0.6) is 0 Å². The minimum Gasteiger partial charge on any atom is -0.338 e. The van der Waals surface area contributed by atoms with Crippen LogP contribution in [0.1, 0.15) is 23.1 Å². The van der Waals surface area contributed by atoms with Crippen molar-refractivity contribution in [2.45, 2.75) is 25.8 Å². The number of fused-ring (bicyclic) bond motifs is 1. The van der Waals surface area contributed by atoms with Crippen molar-refractivity contribution < 1.29 is 4.79 Å². The van der Waals surface area contributed by atoms with E-state index in [0.717, 1.165) is 39.0 Å². The van der Waals surface area contributed by atoms with E-state index in [4.69, 9.17) is 0 Å². The van der Waals surface area contributed by atoms with Gasteiger partial charge in [0.25, 0.3) is 0 Å². The first-order valence-corrected chi connectivity index (χ1v) is 8.64. The molecule has 0 saturated carbocycles. The van der Waals surface area contributed by atoms with Gasteiger partial charge in [-0.05, 0) is 48.7 Å². The van der Waals surface area contributed by atoms with Crippen LogP contribution in [-0.2, 0) is 24.2 Å². The zero-order valence-electron chi connectivity index (χ0n) is 14.3. The summed E-state index contributed by atoms with van der Waals surface area (Å²) in [7, 11) is 2.08. The SMILES string of the molecule is CN(CCC(=O)N1CCc2ccccc2C1)CCc1ccncc1. The van der Waals surface area contributed by atoms with Crippen LogP contribution < -0.4 is 0 Å². The first-order chi connectivity index (χ1) is 11.7. The molecular weight excluding hydrogens is 298 g/mol. The first kappa shape index (κ1) is 16.7. The Balaban J connectivity index is 1.42. The Kier molecular flexibility index (Phi) is 5.59. The van der Waals surface area contributed by atoms with E-state index in [0.29, 0.717) is 6.42 Å². The molecule has 126 valence electrons. The largest absolute Gasteiger partial charge is 0.338 e. The second-order valence-electron chi connectivity index (χ2n) is 6.49. The first-order valence-electron chi connectivity index (χ1n) is 8.64. The molecule has 0 atom stereocenters. The quantitative estimate of drug-likeness (QED) is 0.820. The van der Waals surface area contributed by atoms with Gasteiger partial charge in [-0.15, -0.1) is 0 Å². The van der Waals surface area contributed by atoms with Gasteiger partial charge >= 0.3 is 0 Å². The van der Waals surface area contributed by atoms with Gasteiger partial charge in [-0.2, -0.15) is 0 Å². The number of rotatable bonds is 6. The van der Waals surface area contributed by atoms with E-state index < -0.39 is 0 Å². The van der Waals surface area contributed by atoms with Gasteiger partial charge in [-0.25, -0.2) is 0 Å². The zero-order valence-corrected chi connectivity index (χ0v) is 14.3. The molecule has 24 heavy (non-hydrogen) atoms. The summed E-state index contributed by atoms with van der Waals surface area (Å²) < 4.78 is 0. The second kappa shape index (κ2) is 8.06. The topological polar surface area (TPSA) is 36.4 Å². The van der Waals surface area contributed by atoms with Crippen molar-refractivity contribution in [2.24, 2.45) is 0 Å². The highest BCUT2D eigenvalue weighted by atomic mass is 16.2. The molecular formula is C20H25N3O. The van der Waals surface area contributed by atoms with Gasteiger partial charge in [0.15, 0.2) is 0 Å². The van der Waals surface area contributed by atoms with Crippen LogP contribution >= 0.6 is 0 Å². The van der Waals surface area contributed by atoms with Gasteiger partial charge in [0.05, 0.1) is 0 Å². The van der Waals surface area contributed by atoms with Crippen molar-refractivity contribution in [2.75, 3.05) is 26.7 Å². The molecule has 0 aliphatic carbocycles. The lowest BCUT2D eigenvalue weighted by atomic mass is 10.00. The number of hydrogen-bond acceptors (Lipinski definition) is 3.